The Morgan fingerprint density at radius 2 is 1.44 bits per heavy atom. The predicted octanol–water partition coefficient (Wildman–Crippen LogP) is 0.933. The van der Waals surface area contributed by atoms with Crippen LogP contribution in [0.15, 0.2) is 12.2 Å². The molecule has 4 heteroatoms. The van der Waals surface area contributed by atoms with Crippen LogP contribution in [-0.4, -0.2) is 43.4 Å². The van der Waals surface area contributed by atoms with Crippen molar-refractivity contribution in [2.24, 2.45) is 22.7 Å². The summed E-state index contributed by atoms with van der Waals surface area (Å²) in [5, 5.41) is 20.0. The quantitative estimate of drug-likeness (QED) is 0.579. The van der Waals surface area contributed by atoms with Gasteiger partial charge in [-0.3, -0.25) is 0 Å². The van der Waals surface area contributed by atoms with E-state index in [0.29, 0.717) is 0 Å². The van der Waals surface area contributed by atoms with E-state index in [9.17, 15) is 10.2 Å². The Bertz CT molecular complexity index is 346. The molecule has 4 atom stereocenters. The lowest BCUT2D eigenvalue weighted by Gasteiger charge is -2.44. The molecule has 0 radical (unpaired) electrons. The number of hydrogen-bond acceptors (Lipinski definition) is 4. The summed E-state index contributed by atoms with van der Waals surface area (Å²) in [5.74, 6) is -0.638. The highest BCUT2D eigenvalue weighted by atomic mass is 16.7. The van der Waals surface area contributed by atoms with Gasteiger partial charge in [-0.25, -0.2) is 0 Å². The van der Waals surface area contributed by atoms with E-state index in [1.54, 1.807) is 14.2 Å². The van der Waals surface area contributed by atoms with Crippen LogP contribution in [-0.2, 0) is 9.47 Å². The van der Waals surface area contributed by atoms with Gasteiger partial charge in [0.05, 0.1) is 13.2 Å². The van der Waals surface area contributed by atoms with Gasteiger partial charge in [-0.05, 0) is 12.8 Å². The standard InChI is InChI=1S/C14H22O4/c1-17-14(18-2)10-4-5-11(14)13(9-16)7-3-6-12(10,13)8-15/h4-5,10-11,15-16H,3,6-9H2,1-2H3/t10-,11+,12?,13?. The number of aliphatic hydroxyl groups excluding tert-OH is 2. The maximum Gasteiger partial charge on any atom is 0.181 e. The second kappa shape index (κ2) is 3.79. The molecule has 18 heavy (non-hydrogen) atoms. The molecule has 4 nitrogen and oxygen atoms in total. The van der Waals surface area contributed by atoms with Crippen molar-refractivity contribution in [2.45, 2.75) is 25.0 Å². The maximum atomic E-state index is 10.0. The van der Waals surface area contributed by atoms with Gasteiger partial charge < -0.3 is 19.7 Å². The minimum Gasteiger partial charge on any atom is -0.396 e. The third-order valence-corrected chi connectivity index (χ3v) is 5.99. The van der Waals surface area contributed by atoms with Crippen molar-refractivity contribution in [3.8, 4) is 0 Å². The van der Waals surface area contributed by atoms with Crippen molar-refractivity contribution in [3.05, 3.63) is 12.2 Å². The molecule has 0 aromatic carbocycles. The van der Waals surface area contributed by atoms with Gasteiger partial charge in [0.2, 0.25) is 0 Å². The largest absolute Gasteiger partial charge is 0.396 e. The van der Waals surface area contributed by atoms with E-state index in [0.717, 1.165) is 19.3 Å². The van der Waals surface area contributed by atoms with Crippen LogP contribution in [0.25, 0.3) is 0 Å². The first-order valence-electron chi connectivity index (χ1n) is 6.68. The SMILES string of the molecule is COC1(OC)[C@H]2C=C[C@@H]1C1(CO)CCCC21CO. The zero-order chi connectivity index (χ0) is 13.0. The van der Waals surface area contributed by atoms with Gasteiger partial charge in [0.1, 0.15) is 0 Å². The molecule has 0 amide bonds. The van der Waals surface area contributed by atoms with Gasteiger partial charge in [0.15, 0.2) is 5.79 Å². The normalized spacial score (nSPS) is 47.8. The summed E-state index contributed by atoms with van der Waals surface area (Å²) < 4.78 is 11.4. The average Bonchev–Trinajstić information content (AvgIpc) is 3.03. The molecule has 0 saturated heterocycles. The molecule has 2 saturated carbocycles. The van der Waals surface area contributed by atoms with E-state index in [1.165, 1.54) is 0 Å². The molecular weight excluding hydrogens is 232 g/mol. The second-order valence-electron chi connectivity index (χ2n) is 5.95. The highest BCUT2D eigenvalue weighted by Gasteiger charge is 2.77. The van der Waals surface area contributed by atoms with Crippen molar-refractivity contribution in [2.75, 3.05) is 27.4 Å². The van der Waals surface area contributed by atoms with E-state index in [-0.39, 0.29) is 35.9 Å². The van der Waals surface area contributed by atoms with Crippen LogP contribution in [0, 0.1) is 22.7 Å². The van der Waals surface area contributed by atoms with E-state index in [4.69, 9.17) is 9.47 Å². The van der Waals surface area contributed by atoms with Crippen molar-refractivity contribution in [1.29, 1.82) is 0 Å². The van der Waals surface area contributed by atoms with E-state index >= 15 is 0 Å². The Kier molecular flexibility index (Phi) is 2.66. The Morgan fingerprint density at radius 1 is 1.00 bits per heavy atom. The molecule has 0 heterocycles. The van der Waals surface area contributed by atoms with Gasteiger partial charge in [0, 0.05) is 36.9 Å². The van der Waals surface area contributed by atoms with E-state index in [2.05, 4.69) is 12.2 Å². The van der Waals surface area contributed by atoms with Gasteiger partial charge >= 0.3 is 0 Å². The fourth-order valence-electron chi connectivity index (χ4n) is 5.23. The monoisotopic (exact) mass is 254 g/mol. The molecular formula is C14H22O4. The van der Waals surface area contributed by atoms with Crippen molar-refractivity contribution < 1.29 is 19.7 Å². The Labute approximate surface area is 108 Å². The van der Waals surface area contributed by atoms with Crippen molar-refractivity contribution >= 4 is 0 Å². The number of aliphatic hydroxyl groups is 2. The maximum absolute atomic E-state index is 10.0. The molecule has 2 fully saturated rings. The molecule has 2 N–H and O–H groups in total. The summed E-state index contributed by atoms with van der Waals surface area (Å²) >= 11 is 0. The fraction of sp³-hybridized carbons (Fsp3) is 0.857. The first-order valence-corrected chi connectivity index (χ1v) is 6.68. The zero-order valence-corrected chi connectivity index (χ0v) is 11.1. The molecule has 3 aliphatic carbocycles. The average molecular weight is 254 g/mol. The summed E-state index contributed by atoms with van der Waals surface area (Å²) in [7, 11) is 3.32. The van der Waals surface area contributed by atoms with Gasteiger partial charge in [-0.2, -0.15) is 0 Å². The summed E-state index contributed by atoms with van der Waals surface area (Å²) in [4.78, 5) is 0. The van der Waals surface area contributed by atoms with Crippen LogP contribution in [0.1, 0.15) is 19.3 Å². The predicted molar refractivity (Wildman–Crippen MR) is 65.8 cm³/mol. The lowest BCUT2D eigenvalue weighted by molar-refractivity contribution is -0.241. The second-order valence-corrected chi connectivity index (χ2v) is 5.95. The first kappa shape index (κ1) is 12.6. The number of methoxy groups -OCH3 is 2. The van der Waals surface area contributed by atoms with Crippen LogP contribution in [0.2, 0.25) is 0 Å². The van der Waals surface area contributed by atoms with Crippen molar-refractivity contribution in [3.63, 3.8) is 0 Å². The number of rotatable bonds is 4. The van der Waals surface area contributed by atoms with Crippen LogP contribution in [0.3, 0.4) is 0 Å². The molecule has 2 unspecified atom stereocenters. The fourth-order valence-corrected chi connectivity index (χ4v) is 5.23. The zero-order valence-electron chi connectivity index (χ0n) is 11.1. The van der Waals surface area contributed by atoms with Crippen LogP contribution in [0.5, 0.6) is 0 Å². The Hall–Kier alpha value is -0.420. The molecule has 3 aliphatic rings. The lowest BCUT2D eigenvalue weighted by Crippen LogP contribution is -2.46. The molecule has 0 spiro atoms. The van der Waals surface area contributed by atoms with Gasteiger partial charge in [-0.1, -0.05) is 18.6 Å². The summed E-state index contributed by atoms with van der Waals surface area (Å²) in [5.41, 5.74) is -0.569. The smallest absolute Gasteiger partial charge is 0.181 e. The molecule has 0 aromatic heterocycles. The molecule has 2 bridgehead atoms. The summed E-state index contributed by atoms with van der Waals surface area (Å²) in [6.45, 7) is 0.182. The molecule has 102 valence electrons. The Morgan fingerprint density at radius 3 is 1.78 bits per heavy atom. The van der Waals surface area contributed by atoms with E-state index in [1.807, 2.05) is 0 Å². The van der Waals surface area contributed by atoms with E-state index < -0.39 is 5.79 Å². The highest BCUT2D eigenvalue weighted by Crippen LogP contribution is 2.74. The molecule has 3 rings (SSSR count). The number of ether oxygens (including phenoxy) is 2. The van der Waals surface area contributed by atoms with Gasteiger partial charge in [0.25, 0.3) is 0 Å². The van der Waals surface area contributed by atoms with Crippen LogP contribution >= 0.6 is 0 Å². The number of hydrogen-bond donors (Lipinski definition) is 2. The highest BCUT2D eigenvalue weighted by molar-refractivity contribution is 5.33. The third kappa shape index (κ3) is 0.999. The topological polar surface area (TPSA) is 58.9 Å². The lowest BCUT2D eigenvalue weighted by atomic mass is 9.60. The molecule has 0 aliphatic heterocycles. The van der Waals surface area contributed by atoms with Crippen LogP contribution in [0.4, 0.5) is 0 Å². The minimum absolute atomic E-state index is 0.0321. The summed E-state index contributed by atoms with van der Waals surface area (Å²) in [6, 6.07) is 0. The minimum atomic E-state index is -0.702. The Balaban J connectivity index is 2.17. The van der Waals surface area contributed by atoms with Crippen molar-refractivity contribution in [1.82, 2.24) is 0 Å². The first-order chi connectivity index (χ1) is 8.67. The summed E-state index contributed by atoms with van der Waals surface area (Å²) in [6.07, 6.45) is 7.16. The number of fused-ring (bicyclic) bond motifs is 5. The van der Waals surface area contributed by atoms with Crippen LogP contribution < -0.4 is 0 Å². The third-order valence-electron chi connectivity index (χ3n) is 5.99. The van der Waals surface area contributed by atoms with Gasteiger partial charge in [-0.15, -0.1) is 0 Å². The molecule has 0 aromatic rings.